The third-order valence-corrected chi connectivity index (χ3v) is 8.12. The SMILES string of the molecule is Cc1cc(F)cc(-c2cncc3[nH]c(-c4n[nH]c5cnc(-c6cncc(NC(=O)CC7CCCCC7)c6)cc45)cc23)c1. The minimum Gasteiger partial charge on any atom is -0.352 e. The fourth-order valence-electron chi connectivity index (χ4n) is 6.09. The number of carbonyl (C=O) groups is 1. The molecule has 1 aliphatic carbocycles. The largest absolute Gasteiger partial charge is 0.352 e. The van der Waals surface area contributed by atoms with Gasteiger partial charge in [0.25, 0.3) is 0 Å². The number of benzene rings is 1. The molecule has 0 radical (unpaired) electrons. The van der Waals surface area contributed by atoms with Crippen molar-refractivity contribution in [3.8, 4) is 33.8 Å². The number of halogens is 1. The molecule has 7 rings (SSSR count). The fourth-order valence-corrected chi connectivity index (χ4v) is 6.09. The number of H-pyrrole nitrogens is 2. The van der Waals surface area contributed by atoms with E-state index in [9.17, 15) is 9.18 Å². The number of aromatic amines is 2. The first-order valence-corrected chi connectivity index (χ1v) is 14.3. The highest BCUT2D eigenvalue weighted by Crippen LogP contribution is 2.35. The van der Waals surface area contributed by atoms with Gasteiger partial charge >= 0.3 is 0 Å². The Kier molecular flexibility index (Phi) is 6.70. The van der Waals surface area contributed by atoms with Gasteiger partial charge < -0.3 is 10.3 Å². The van der Waals surface area contributed by atoms with Gasteiger partial charge in [0.05, 0.1) is 46.7 Å². The monoisotopic (exact) mass is 559 g/mol. The molecule has 42 heavy (non-hydrogen) atoms. The topological polar surface area (TPSA) is 112 Å². The van der Waals surface area contributed by atoms with E-state index in [0.717, 1.165) is 74.0 Å². The lowest BCUT2D eigenvalue weighted by Crippen LogP contribution is -2.18. The lowest BCUT2D eigenvalue weighted by molar-refractivity contribution is -0.117. The molecule has 0 aliphatic heterocycles. The summed E-state index contributed by atoms with van der Waals surface area (Å²) in [5.74, 6) is 0.217. The number of rotatable bonds is 6. The maximum Gasteiger partial charge on any atom is 0.224 e. The molecule has 0 bridgehead atoms. The second kappa shape index (κ2) is 10.8. The van der Waals surface area contributed by atoms with Crippen LogP contribution in [0.3, 0.4) is 0 Å². The van der Waals surface area contributed by atoms with Crippen molar-refractivity contribution in [3.63, 3.8) is 0 Å². The Bertz CT molecular complexity index is 1920. The van der Waals surface area contributed by atoms with Crippen LogP contribution in [0.4, 0.5) is 10.1 Å². The summed E-state index contributed by atoms with van der Waals surface area (Å²) in [6.45, 7) is 1.88. The fraction of sp³-hybridized carbons (Fsp3) is 0.242. The third kappa shape index (κ3) is 5.13. The van der Waals surface area contributed by atoms with Gasteiger partial charge in [-0.25, -0.2) is 4.39 Å². The molecule has 1 amide bonds. The second-order valence-electron chi connectivity index (χ2n) is 11.3. The Hall–Kier alpha value is -4.92. The van der Waals surface area contributed by atoms with Gasteiger partial charge in [0, 0.05) is 40.7 Å². The summed E-state index contributed by atoms with van der Waals surface area (Å²) in [5, 5.41) is 12.5. The van der Waals surface area contributed by atoms with Crippen LogP contribution in [-0.2, 0) is 4.79 Å². The number of aryl methyl sites for hydroxylation is 1. The van der Waals surface area contributed by atoms with E-state index in [0.29, 0.717) is 18.0 Å². The minimum atomic E-state index is -0.279. The summed E-state index contributed by atoms with van der Waals surface area (Å²) in [6, 6.07) is 10.9. The van der Waals surface area contributed by atoms with Crippen LogP contribution in [-0.4, -0.2) is 36.0 Å². The van der Waals surface area contributed by atoms with Crippen LogP contribution >= 0.6 is 0 Å². The Morgan fingerprint density at radius 3 is 2.62 bits per heavy atom. The Morgan fingerprint density at radius 1 is 0.905 bits per heavy atom. The molecule has 1 fully saturated rings. The predicted octanol–water partition coefficient (Wildman–Crippen LogP) is 7.59. The van der Waals surface area contributed by atoms with Crippen LogP contribution in [0.15, 0.2) is 67.4 Å². The number of amides is 1. The summed E-state index contributed by atoms with van der Waals surface area (Å²) < 4.78 is 14.2. The van der Waals surface area contributed by atoms with Crippen LogP contribution in [0, 0.1) is 18.7 Å². The van der Waals surface area contributed by atoms with Crippen molar-refractivity contribution in [1.29, 1.82) is 0 Å². The molecule has 1 aromatic carbocycles. The van der Waals surface area contributed by atoms with Crippen LogP contribution in [0.5, 0.6) is 0 Å². The zero-order chi connectivity index (χ0) is 28.6. The van der Waals surface area contributed by atoms with E-state index < -0.39 is 0 Å². The molecule has 0 saturated heterocycles. The maximum absolute atomic E-state index is 14.2. The molecule has 0 unspecified atom stereocenters. The van der Waals surface area contributed by atoms with Crippen LogP contribution in [0.1, 0.15) is 44.1 Å². The second-order valence-corrected chi connectivity index (χ2v) is 11.3. The third-order valence-electron chi connectivity index (χ3n) is 8.12. The van der Waals surface area contributed by atoms with Gasteiger partial charge in [0.15, 0.2) is 0 Å². The first-order valence-electron chi connectivity index (χ1n) is 14.3. The highest BCUT2D eigenvalue weighted by molar-refractivity contribution is 6.01. The zero-order valence-electron chi connectivity index (χ0n) is 23.2. The Labute approximate surface area is 241 Å². The molecule has 5 aromatic heterocycles. The lowest BCUT2D eigenvalue weighted by atomic mass is 9.87. The molecule has 0 atom stereocenters. The highest BCUT2D eigenvalue weighted by atomic mass is 19.1. The van der Waals surface area contributed by atoms with Crippen molar-refractivity contribution in [2.24, 2.45) is 5.92 Å². The van der Waals surface area contributed by atoms with Gasteiger partial charge in [-0.3, -0.25) is 24.8 Å². The van der Waals surface area contributed by atoms with Gasteiger partial charge in [-0.05, 0) is 67.1 Å². The van der Waals surface area contributed by atoms with Crippen molar-refractivity contribution < 1.29 is 9.18 Å². The number of fused-ring (bicyclic) bond motifs is 2. The average Bonchev–Trinajstić information content (AvgIpc) is 3.61. The number of hydrogen-bond donors (Lipinski definition) is 3. The predicted molar refractivity (Wildman–Crippen MR) is 162 cm³/mol. The molecule has 0 spiro atoms. The first-order chi connectivity index (χ1) is 20.5. The average molecular weight is 560 g/mol. The number of anilines is 1. The minimum absolute atomic E-state index is 0.0301. The summed E-state index contributed by atoms with van der Waals surface area (Å²) in [6.07, 6.45) is 15.2. The molecule has 1 aliphatic rings. The first kappa shape index (κ1) is 26.0. The normalized spacial score (nSPS) is 14.0. The van der Waals surface area contributed by atoms with Crippen molar-refractivity contribution in [2.75, 3.05) is 5.32 Å². The van der Waals surface area contributed by atoms with E-state index in [-0.39, 0.29) is 11.7 Å². The number of hydrogen-bond acceptors (Lipinski definition) is 5. The molecule has 9 heteroatoms. The van der Waals surface area contributed by atoms with Gasteiger partial charge in [-0.15, -0.1) is 0 Å². The quantitative estimate of drug-likeness (QED) is 0.195. The smallest absolute Gasteiger partial charge is 0.224 e. The van der Waals surface area contributed by atoms with Crippen molar-refractivity contribution >= 4 is 33.4 Å². The summed E-state index contributed by atoms with van der Waals surface area (Å²) >= 11 is 0. The molecule has 6 aromatic rings. The number of nitrogens with one attached hydrogen (secondary N) is 3. The van der Waals surface area contributed by atoms with E-state index >= 15 is 0 Å². The van der Waals surface area contributed by atoms with Crippen molar-refractivity contribution in [1.82, 2.24) is 30.1 Å². The molecular formula is C33H30FN7O. The Morgan fingerprint density at radius 2 is 1.76 bits per heavy atom. The number of nitrogens with zero attached hydrogens (tertiary/aromatic N) is 4. The van der Waals surface area contributed by atoms with Crippen LogP contribution in [0.2, 0.25) is 0 Å². The molecule has 8 nitrogen and oxygen atoms in total. The Balaban J connectivity index is 1.20. The van der Waals surface area contributed by atoms with E-state index in [4.69, 9.17) is 0 Å². The van der Waals surface area contributed by atoms with E-state index in [2.05, 4.69) is 35.5 Å². The van der Waals surface area contributed by atoms with E-state index in [1.165, 1.54) is 31.4 Å². The van der Waals surface area contributed by atoms with Gasteiger partial charge in [-0.2, -0.15) is 5.10 Å². The van der Waals surface area contributed by atoms with E-state index in [1.54, 1.807) is 31.0 Å². The molecular weight excluding hydrogens is 529 g/mol. The number of pyridine rings is 3. The molecule has 5 heterocycles. The lowest BCUT2D eigenvalue weighted by Gasteiger charge is -2.20. The standard InChI is InChI=1S/C33H30FN7O/c1-19-7-21(10-23(34)8-19)27-16-36-17-30-25(27)12-29(39-30)33-26-13-28(37-18-31(26)40-41-33)22-11-24(15-35-14-22)38-32(42)9-20-5-3-2-4-6-20/h7-8,10-18,20,39H,2-6,9H2,1H3,(H,38,42)(H,40,41). The van der Waals surface area contributed by atoms with Gasteiger partial charge in [0.1, 0.15) is 11.5 Å². The van der Waals surface area contributed by atoms with Crippen molar-refractivity contribution in [2.45, 2.75) is 45.4 Å². The number of carbonyl (C=O) groups excluding carboxylic acids is 1. The zero-order valence-corrected chi connectivity index (χ0v) is 23.2. The van der Waals surface area contributed by atoms with Gasteiger partial charge in [0.2, 0.25) is 5.91 Å². The molecule has 1 saturated carbocycles. The van der Waals surface area contributed by atoms with Crippen LogP contribution < -0.4 is 5.32 Å². The van der Waals surface area contributed by atoms with Crippen molar-refractivity contribution in [3.05, 3.63) is 78.8 Å². The maximum atomic E-state index is 14.2. The van der Waals surface area contributed by atoms with Gasteiger partial charge in [-0.1, -0.05) is 25.3 Å². The summed E-state index contributed by atoms with van der Waals surface area (Å²) in [4.78, 5) is 29.5. The summed E-state index contributed by atoms with van der Waals surface area (Å²) in [7, 11) is 0. The summed E-state index contributed by atoms with van der Waals surface area (Å²) in [5.41, 5.74) is 7.78. The molecule has 210 valence electrons. The highest BCUT2D eigenvalue weighted by Gasteiger charge is 2.18. The molecule has 3 N–H and O–H groups in total. The number of aromatic nitrogens is 6. The van der Waals surface area contributed by atoms with E-state index in [1.807, 2.05) is 31.2 Å². The van der Waals surface area contributed by atoms with Crippen LogP contribution in [0.25, 0.3) is 55.6 Å².